The molecule has 0 aromatic carbocycles. The molecule has 2 rings (SSSR count). The average molecular weight is 511 g/mol. The lowest BCUT2D eigenvalue weighted by molar-refractivity contribution is -0.384. The molecular weight excluding hydrogens is 474 g/mol. The SMILES string of the molecule is CC1CC(C(C2CCC(OCC(O)CO)CC2)(C(F)(F)F)C(F)(F)F)CCC1OCC(O)CO. The van der Waals surface area contributed by atoms with Crippen LogP contribution in [0, 0.1) is 23.2 Å². The van der Waals surface area contributed by atoms with Gasteiger partial charge in [0.05, 0.1) is 38.6 Å². The van der Waals surface area contributed by atoms with Crippen LogP contribution < -0.4 is 0 Å². The van der Waals surface area contributed by atoms with E-state index in [1.54, 1.807) is 6.92 Å². The Labute approximate surface area is 195 Å². The largest absolute Gasteiger partial charge is 0.403 e. The summed E-state index contributed by atoms with van der Waals surface area (Å²) in [6.45, 7) is -0.0295. The van der Waals surface area contributed by atoms with Gasteiger partial charge < -0.3 is 29.9 Å². The topological polar surface area (TPSA) is 99.4 Å². The molecule has 6 nitrogen and oxygen atoms in total. The van der Waals surface area contributed by atoms with E-state index in [1.807, 2.05) is 0 Å². The molecule has 0 amide bonds. The van der Waals surface area contributed by atoms with Gasteiger partial charge in [-0.1, -0.05) is 6.92 Å². The molecule has 0 spiro atoms. The standard InChI is InChI=1S/C22H36F6O6/c1-13-8-15(4-7-19(13)34-12-17(32)10-30)20(21(23,24)25,22(26,27)28)14-2-5-18(6-3-14)33-11-16(31)9-29/h13-19,29-32H,2-12H2,1H3. The third-order valence-electron chi connectivity index (χ3n) is 7.44. The fraction of sp³-hybridized carbons (Fsp3) is 1.00. The van der Waals surface area contributed by atoms with E-state index >= 15 is 0 Å². The predicted molar refractivity (Wildman–Crippen MR) is 109 cm³/mol. The monoisotopic (exact) mass is 510 g/mol. The highest BCUT2D eigenvalue weighted by Gasteiger charge is 2.76. The van der Waals surface area contributed by atoms with Gasteiger partial charge in [-0.15, -0.1) is 0 Å². The molecule has 2 aliphatic rings. The van der Waals surface area contributed by atoms with Gasteiger partial charge in [0.1, 0.15) is 12.2 Å². The van der Waals surface area contributed by atoms with Crippen molar-refractivity contribution < 1.29 is 56.2 Å². The van der Waals surface area contributed by atoms with Crippen molar-refractivity contribution in [1.82, 2.24) is 0 Å². The lowest BCUT2D eigenvalue weighted by Gasteiger charge is -2.52. The zero-order valence-corrected chi connectivity index (χ0v) is 19.2. The molecule has 2 fully saturated rings. The second-order valence-electron chi connectivity index (χ2n) is 9.70. The van der Waals surface area contributed by atoms with Gasteiger partial charge in [-0.2, -0.15) is 26.3 Å². The molecule has 2 aliphatic carbocycles. The Morgan fingerprint density at radius 2 is 1.21 bits per heavy atom. The summed E-state index contributed by atoms with van der Waals surface area (Å²) in [5.74, 6) is -3.90. The van der Waals surface area contributed by atoms with Crippen LogP contribution in [-0.4, -0.2) is 83.6 Å². The summed E-state index contributed by atoms with van der Waals surface area (Å²) in [4.78, 5) is 0. The van der Waals surface area contributed by atoms with Crippen LogP contribution in [-0.2, 0) is 9.47 Å². The molecule has 2 saturated carbocycles. The quantitative estimate of drug-likeness (QED) is 0.337. The zero-order chi connectivity index (χ0) is 25.7. The number of hydrogen-bond donors (Lipinski definition) is 4. The van der Waals surface area contributed by atoms with Gasteiger partial charge in [0, 0.05) is 0 Å². The summed E-state index contributed by atoms with van der Waals surface area (Å²) in [6, 6.07) is 0. The van der Waals surface area contributed by atoms with Crippen LogP contribution in [0.4, 0.5) is 26.3 Å². The smallest absolute Gasteiger partial charge is 0.394 e. The van der Waals surface area contributed by atoms with E-state index < -0.39 is 73.2 Å². The number of ether oxygens (including phenoxy) is 2. The van der Waals surface area contributed by atoms with E-state index in [0.717, 1.165) is 0 Å². The van der Waals surface area contributed by atoms with Crippen LogP contribution in [0.5, 0.6) is 0 Å². The molecule has 202 valence electrons. The molecule has 5 atom stereocenters. The number of alkyl halides is 6. The summed E-state index contributed by atoms with van der Waals surface area (Å²) in [5.41, 5.74) is -3.85. The van der Waals surface area contributed by atoms with Crippen molar-refractivity contribution >= 4 is 0 Å². The molecule has 0 aromatic heterocycles. The van der Waals surface area contributed by atoms with Crippen LogP contribution in [0.3, 0.4) is 0 Å². The van der Waals surface area contributed by atoms with Crippen LogP contribution >= 0.6 is 0 Å². The normalized spacial score (nSPS) is 31.3. The maximum absolute atomic E-state index is 14.5. The Kier molecular flexibility index (Phi) is 10.5. The van der Waals surface area contributed by atoms with Gasteiger partial charge in [-0.25, -0.2) is 0 Å². The third-order valence-corrected chi connectivity index (χ3v) is 7.44. The highest BCUT2D eigenvalue weighted by Crippen LogP contribution is 2.65. The maximum Gasteiger partial charge on any atom is 0.403 e. The van der Waals surface area contributed by atoms with E-state index in [1.165, 1.54) is 0 Å². The van der Waals surface area contributed by atoms with E-state index in [4.69, 9.17) is 19.7 Å². The molecule has 0 heterocycles. The Hall–Kier alpha value is -0.660. The van der Waals surface area contributed by atoms with Crippen molar-refractivity contribution in [3.05, 3.63) is 0 Å². The first-order valence-electron chi connectivity index (χ1n) is 11.7. The fourth-order valence-corrected chi connectivity index (χ4v) is 5.72. The van der Waals surface area contributed by atoms with Crippen molar-refractivity contribution in [2.75, 3.05) is 26.4 Å². The Morgan fingerprint density at radius 3 is 1.65 bits per heavy atom. The van der Waals surface area contributed by atoms with Crippen molar-refractivity contribution in [3.8, 4) is 0 Å². The number of aliphatic hydroxyl groups excluding tert-OH is 4. The van der Waals surface area contributed by atoms with Crippen LogP contribution in [0.1, 0.15) is 51.9 Å². The summed E-state index contributed by atoms with van der Waals surface area (Å²) >= 11 is 0. The molecule has 0 bridgehead atoms. The molecule has 34 heavy (non-hydrogen) atoms. The lowest BCUT2D eigenvalue weighted by Crippen LogP contribution is -2.61. The van der Waals surface area contributed by atoms with Gasteiger partial charge in [-0.05, 0) is 62.7 Å². The van der Waals surface area contributed by atoms with Crippen LogP contribution in [0.25, 0.3) is 0 Å². The third kappa shape index (κ3) is 6.56. The molecule has 5 unspecified atom stereocenters. The van der Waals surface area contributed by atoms with E-state index in [-0.39, 0.29) is 58.2 Å². The number of halogens is 6. The minimum atomic E-state index is -5.50. The molecule has 0 radical (unpaired) electrons. The molecular formula is C22H36F6O6. The van der Waals surface area contributed by atoms with Crippen molar-refractivity contribution in [3.63, 3.8) is 0 Å². The molecule has 0 aliphatic heterocycles. The summed E-state index contributed by atoms with van der Waals surface area (Å²) < 4.78 is 97.6. The van der Waals surface area contributed by atoms with Crippen molar-refractivity contribution in [1.29, 1.82) is 0 Å². The fourth-order valence-electron chi connectivity index (χ4n) is 5.72. The second kappa shape index (κ2) is 12.1. The average Bonchev–Trinajstić information content (AvgIpc) is 2.75. The Morgan fingerprint density at radius 1 is 0.735 bits per heavy atom. The highest BCUT2D eigenvalue weighted by molar-refractivity contribution is 5.05. The first kappa shape index (κ1) is 29.6. The second-order valence-corrected chi connectivity index (χ2v) is 9.70. The number of aliphatic hydroxyl groups is 4. The molecule has 4 N–H and O–H groups in total. The minimum Gasteiger partial charge on any atom is -0.394 e. The van der Waals surface area contributed by atoms with Gasteiger partial charge in [0.2, 0.25) is 0 Å². The summed E-state index contributed by atoms with van der Waals surface area (Å²) in [6.07, 6.45) is -15.7. The lowest BCUT2D eigenvalue weighted by atomic mass is 9.56. The van der Waals surface area contributed by atoms with Gasteiger partial charge in [-0.3, -0.25) is 0 Å². The van der Waals surface area contributed by atoms with E-state index in [2.05, 4.69) is 0 Å². The minimum absolute atomic E-state index is 0.00375. The summed E-state index contributed by atoms with van der Waals surface area (Å²) in [7, 11) is 0. The van der Waals surface area contributed by atoms with E-state index in [9.17, 15) is 36.6 Å². The predicted octanol–water partition coefficient (Wildman–Crippen LogP) is 3.20. The molecule has 12 heteroatoms. The van der Waals surface area contributed by atoms with E-state index in [0.29, 0.717) is 0 Å². The highest BCUT2D eigenvalue weighted by atomic mass is 19.4. The van der Waals surface area contributed by atoms with Crippen LogP contribution in [0.2, 0.25) is 0 Å². The van der Waals surface area contributed by atoms with Gasteiger partial charge in [0.25, 0.3) is 0 Å². The number of hydrogen-bond acceptors (Lipinski definition) is 6. The number of rotatable bonds is 10. The first-order chi connectivity index (χ1) is 15.8. The first-order valence-corrected chi connectivity index (χ1v) is 11.7. The van der Waals surface area contributed by atoms with Gasteiger partial charge >= 0.3 is 12.4 Å². The van der Waals surface area contributed by atoms with Crippen LogP contribution in [0.15, 0.2) is 0 Å². The van der Waals surface area contributed by atoms with Gasteiger partial charge in [0.15, 0.2) is 5.41 Å². The molecule has 0 aromatic rings. The zero-order valence-electron chi connectivity index (χ0n) is 19.2. The Bertz CT molecular complexity index is 594. The maximum atomic E-state index is 14.5. The van der Waals surface area contributed by atoms with Crippen molar-refractivity contribution in [2.24, 2.45) is 23.2 Å². The molecule has 0 saturated heterocycles. The Balaban J connectivity index is 2.20. The summed E-state index contributed by atoms with van der Waals surface area (Å²) in [5, 5.41) is 36.5. The van der Waals surface area contributed by atoms with Crippen molar-refractivity contribution in [2.45, 2.75) is 88.6 Å².